The van der Waals surface area contributed by atoms with Crippen LogP contribution in [0, 0.1) is 5.82 Å². The summed E-state index contributed by atoms with van der Waals surface area (Å²) in [6.07, 6.45) is 3.57. The maximum Gasteiger partial charge on any atom is 0.208 e. The molecule has 1 saturated heterocycles. The average molecular weight is 450 g/mol. The zero-order valence-corrected chi connectivity index (χ0v) is 18.6. The number of nitrogens with zero attached hydrogens (tertiary/aromatic N) is 3. The second-order valence-electron chi connectivity index (χ2n) is 7.66. The molecule has 160 valence electrons. The molecule has 0 bridgehead atoms. The third-order valence-corrected chi connectivity index (χ3v) is 7.37. The Morgan fingerprint density at radius 3 is 2.33 bits per heavy atom. The van der Waals surface area contributed by atoms with Crippen molar-refractivity contribution in [2.75, 3.05) is 32.1 Å². The van der Waals surface area contributed by atoms with E-state index in [4.69, 9.17) is 0 Å². The third kappa shape index (κ3) is 4.29. The van der Waals surface area contributed by atoms with E-state index < -0.39 is 15.7 Å². The minimum Gasteiger partial charge on any atom is -0.370 e. The van der Waals surface area contributed by atoms with Gasteiger partial charge in [0.2, 0.25) is 9.84 Å². The van der Waals surface area contributed by atoms with E-state index in [1.807, 2.05) is 18.2 Å². The lowest BCUT2D eigenvalue weighted by atomic mass is 10.0. The summed E-state index contributed by atoms with van der Waals surface area (Å²) in [5.74, 6) is -0.469. The van der Waals surface area contributed by atoms with Gasteiger partial charge in [0.15, 0.2) is 0 Å². The highest BCUT2D eigenvalue weighted by Gasteiger charge is 2.23. The van der Waals surface area contributed by atoms with Gasteiger partial charge in [0.1, 0.15) is 5.82 Å². The molecule has 0 amide bonds. The lowest BCUT2D eigenvalue weighted by Crippen LogP contribution is -2.42. The summed E-state index contributed by atoms with van der Waals surface area (Å²) in [5, 5.41) is 0.778. The normalized spacial score (nSPS) is 15.4. The van der Waals surface area contributed by atoms with Gasteiger partial charge in [-0.25, -0.2) is 12.8 Å². The third-order valence-electron chi connectivity index (χ3n) is 5.63. The number of hydrogen-bond donors (Lipinski definition) is 0. The Kier molecular flexibility index (Phi) is 6.65. The first kappa shape index (κ1) is 22.5. The van der Waals surface area contributed by atoms with Crippen LogP contribution in [0.3, 0.4) is 0 Å². The lowest BCUT2D eigenvalue weighted by Gasteiger charge is -2.36. The molecule has 2 heterocycles. The number of piperidine rings is 1. The Hall–Kier alpha value is -2.22. The lowest BCUT2D eigenvalue weighted by molar-refractivity contribution is 0.250. The number of aromatic nitrogens is 1. The molecule has 8 heteroatoms. The second-order valence-corrected chi connectivity index (χ2v) is 9.61. The number of fused-ring (bicyclic) bond motifs is 1. The van der Waals surface area contributed by atoms with Crippen LogP contribution in [-0.2, 0) is 9.84 Å². The molecule has 0 unspecified atom stereocenters. The maximum atomic E-state index is 13.2. The van der Waals surface area contributed by atoms with E-state index in [1.54, 1.807) is 6.07 Å². The van der Waals surface area contributed by atoms with Crippen LogP contribution in [0.15, 0.2) is 64.5 Å². The number of rotatable bonds is 4. The Balaban J connectivity index is 0.00000256. The Labute approximate surface area is 182 Å². The van der Waals surface area contributed by atoms with Gasteiger partial charge in [0, 0.05) is 30.7 Å². The van der Waals surface area contributed by atoms with E-state index in [0.717, 1.165) is 54.7 Å². The second kappa shape index (κ2) is 8.88. The van der Waals surface area contributed by atoms with Gasteiger partial charge in [-0.1, -0.05) is 12.1 Å². The van der Waals surface area contributed by atoms with E-state index in [9.17, 15) is 12.8 Å². The topological polar surface area (TPSA) is 53.5 Å². The first-order valence-electron chi connectivity index (χ1n) is 9.67. The molecule has 2 aromatic carbocycles. The molecular weight excluding hydrogens is 425 g/mol. The van der Waals surface area contributed by atoms with Crippen molar-refractivity contribution in [3.8, 4) is 0 Å². The van der Waals surface area contributed by atoms with Crippen LogP contribution < -0.4 is 4.90 Å². The van der Waals surface area contributed by atoms with Crippen LogP contribution in [-0.4, -0.2) is 51.5 Å². The molecule has 0 N–H and O–H groups in total. The highest BCUT2D eigenvalue weighted by Crippen LogP contribution is 2.30. The van der Waals surface area contributed by atoms with Gasteiger partial charge in [0.05, 0.1) is 21.0 Å². The van der Waals surface area contributed by atoms with Gasteiger partial charge in [-0.2, -0.15) is 0 Å². The van der Waals surface area contributed by atoms with Gasteiger partial charge in [-0.3, -0.25) is 4.98 Å². The Morgan fingerprint density at radius 2 is 1.70 bits per heavy atom. The minimum atomic E-state index is -3.75. The van der Waals surface area contributed by atoms with Crippen molar-refractivity contribution in [3.05, 3.63) is 60.5 Å². The van der Waals surface area contributed by atoms with Crippen LogP contribution in [0.5, 0.6) is 0 Å². The molecule has 30 heavy (non-hydrogen) atoms. The molecule has 1 aliphatic rings. The number of para-hydroxylation sites is 1. The smallest absolute Gasteiger partial charge is 0.208 e. The van der Waals surface area contributed by atoms with Crippen molar-refractivity contribution < 1.29 is 12.8 Å². The van der Waals surface area contributed by atoms with Crippen molar-refractivity contribution in [2.45, 2.75) is 28.7 Å². The minimum absolute atomic E-state index is 0. The largest absolute Gasteiger partial charge is 0.370 e. The molecule has 1 fully saturated rings. The van der Waals surface area contributed by atoms with Gasteiger partial charge >= 0.3 is 0 Å². The molecule has 5 nitrogen and oxygen atoms in total. The number of pyridine rings is 1. The van der Waals surface area contributed by atoms with Gasteiger partial charge in [-0.15, -0.1) is 12.4 Å². The standard InChI is InChI=1S/C22H24FN3O2S.ClH/c1-25(2)18-10-12-26(13-11-18)21-5-3-4-16-14-20(15-24-22(16)21)29(27,28)19-8-6-17(23)7-9-19;/h3-9,14-15,18H,10-13H2,1-2H3;1H. The number of hydrogen-bond acceptors (Lipinski definition) is 5. The van der Waals surface area contributed by atoms with Crippen molar-refractivity contribution in [3.63, 3.8) is 0 Å². The van der Waals surface area contributed by atoms with Crippen LogP contribution in [0.2, 0.25) is 0 Å². The fourth-order valence-corrected chi connectivity index (χ4v) is 5.14. The Bertz CT molecular complexity index is 1130. The SMILES string of the molecule is CN(C)C1CCN(c2cccc3cc(S(=O)(=O)c4ccc(F)cc4)cnc23)CC1.Cl. The molecule has 1 aromatic heterocycles. The molecule has 3 aromatic rings. The Morgan fingerprint density at radius 1 is 1.03 bits per heavy atom. The summed E-state index contributed by atoms with van der Waals surface area (Å²) in [6, 6.07) is 12.9. The van der Waals surface area contributed by atoms with Crippen molar-refractivity contribution in [2.24, 2.45) is 0 Å². The number of benzene rings is 2. The molecule has 0 aliphatic carbocycles. The monoisotopic (exact) mass is 449 g/mol. The average Bonchev–Trinajstić information content (AvgIpc) is 2.73. The summed E-state index contributed by atoms with van der Waals surface area (Å²) in [4.78, 5) is 9.28. The fraction of sp³-hybridized carbons (Fsp3) is 0.318. The van der Waals surface area contributed by atoms with Gasteiger partial charge in [0.25, 0.3) is 0 Å². The van der Waals surface area contributed by atoms with Crippen LogP contribution in [0.4, 0.5) is 10.1 Å². The van der Waals surface area contributed by atoms with E-state index in [-0.39, 0.29) is 22.2 Å². The van der Waals surface area contributed by atoms with Gasteiger partial charge < -0.3 is 9.80 Å². The van der Waals surface area contributed by atoms with E-state index in [2.05, 4.69) is 28.9 Å². The molecule has 1 aliphatic heterocycles. The highest BCUT2D eigenvalue weighted by atomic mass is 35.5. The van der Waals surface area contributed by atoms with Gasteiger partial charge in [-0.05, 0) is 63.3 Å². The predicted octanol–water partition coefficient (Wildman–Crippen LogP) is 4.16. The summed E-state index contributed by atoms with van der Waals surface area (Å²) in [7, 11) is 0.478. The fourth-order valence-electron chi connectivity index (χ4n) is 3.90. The van der Waals surface area contributed by atoms with E-state index in [1.165, 1.54) is 18.3 Å². The zero-order chi connectivity index (χ0) is 20.6. The molecular formula is C22H25ClFN3O2S. The van der Waals surface area contributed by atoms with Crippen LogP contribution in [0.1, 0.15) is 12.8 Å². The maximum absolute atomic E-state index is 13.2. The number of anilines is 1. The zero-order valence-electron chi connectivity index (χ0n) is 17.0. The molecule has 0 spiro atoms. The summed E-state index contributed by atoms with van der Waals surface area (Å²) in [5.41, 5.74) is 1.83. The molecule has 0 radical (unpaired) electrons. The molecule has 0 saturated carbocycles. The molecule has 4 rings (SSSR count). The van der Waals surface area contributed by atoms with Crippen molar-refractivity contribution >= 4 is 38.8 Å². The number of sulfone groups is 1. The predicted molar refractivity (Wildman–Crippen MR) is 120 cm³/mol. The highest BCUT2D eigenvalue weighted by molar-refractivity contribution is 7.91. The first-order chi connectivity index (χ1) is 13.9. The number of halogens is 2. The van der Waals surface area contributed by atoms with Crippen molar-refractivity contribution in [1.29, 1.82) is 0 Å². The van der Waals surface area contributed by atoms with Crippen LogP contribution >= 0.6 is 12.4 Å². The van der Waals surface area contributed by atoms with E-state index >= 15 is 0 Å². The van der Waals surface area contributed by atoms with Crippen LogP contribution in [0.25, 0.3) is 10.9 Å². The molecule has 0 atom stereocenters. The van der Waals surface area contributed by atoms with Crippen molar-refractivity contribution in [1.82, 2.24) is 9.88 Å². The summed E-state index contributed by atoms with van der Waals surface area (Å²) < 4.78 is 39.0. The van der Waals surface area contributed by atoms with E-state index in [0.29, 0.717) is 6.04 Å². The quantitative estimate of drug-likeness (QED) is 0.560. The summed E-state index contributed by atoms with van der Waals surface area (Å²) >= 11 is 0. The first-order valence-corrected chi connectivity index (χ1v) is 11.2. The summed E-state index contributed by atoms with van der Waals surface area (Å²) in [6.45, 7) is 1.89.